The van der Waals surface area contributed by atoms with Crippen LogP contribution >= 0.6 is 0 Å². The van der Waals surface area contributed by atoms with E-state index in [1.54, 1.807) is 37.4 Å². The van der Waals surface area contributed by atoms with E-state index in [-0.39, 0.29) is 11.3 Å². The number of nitrogens with zero attached hydrogens (tertiary/aromatic N) is 1. The molecular weight excluding hydrogens is 466 g/mol. The molecule has 6 nitrogen and oxygen atoms in total. The third kappa shape index (κ3) is 4.42. The number of rotatable bonds is 7. The maximum absolute atomic E-state index is 13.6. The van der Waals surface area contributed by atoms with Crippen molar-refractivity contribution in [3.63, 3.8) is 0 Å². The topological polar surface area (TPSA) is 76.1 Å². The van der Waals surface area contributed by atoms with Crippen molar-refractivity contribution in [3.05, 3.63) is 108 Å². The zero-order valence-corrected chi connectivity index (χ0v) is 20.7. The first-order chi connectivity index (χ1) is 18.0. The molecule has 37 heavy (non-hydrogen) atoms. The van der Waals surface area contributed by atoms with Crippen molar-refractivity contribution in [1.82, 2.24) is 0 Å². The van der Waals surface area contributed by atoms with E-state index < -0.39 is 17.7 Å². The molecule has 186 valence electrons. The number of ether oxygens (including phenoxy) is 2. The smallest absolute Gasteiger partial charge is 0.300 e. The molecule has 1 N–H and O–H groups in total. The second kappa shape index (κ2) is 10.2. The van der Waals surface area contributed by atoms with E-state index in [2.05, 4.69) is 0 Å². The Hall–Kier alpha value is -4.58. The number of hydrogen-bond acceptors (Lipinski definition) is 5. The Morgan fingerprint density at radius 1 is 0.892 bits per heavy atom. The fourth-order valence-corrected chi connectivity index (χ4v) is 4.75. The molecule has 0 bridgehead atoms. The van der Waals surface area contributed by atoms with Crippen molar-refractivity contribution in [3.8, 4) is 11.5 Å². The summed E-state index contributed by atoms with van der Waals surface area (Å²) in [6.07, 6.45) is 0.841. The minimum Gasteiger partial charge on any atom is -0.507 e. The van der Waals surface area contributed by atoms with Gasteiger partial charge in [0.15, 0.2) is 0 Å². The van der Waals surface area contributed by atoms with Crippen molar-refractivity contribution in [2.24, 2.45) is 0 Å². The highest BCUT2D eigenvalue weighted by Crippen LogP contribution is 2.44. The Labute approximate surface area is 215 Å². The van der Waals surface area contributed by atoms with Crippen molar-refractivity contribution in [1.29, 1.82) is 0 Å². The predicted octanol–water partition coefficient (Wildman–Crippen LogP) is 6.26. The molecule has 5 rings (SSSR count). The first-order valence-electron chi connectivity index (χ1n) is 12.2. The predicted molar refractivity (Wildman–Crippen MR) is 144 cm³/mol. The lowest BCUT2D eigenvalue weighted by molar-refractivity contribution is -0.132. The van der Waals surface area contributed by atoms with Crippen molar-refractivity contribution >= 4 is 33.9 Å². The number of ketones is 1. The molecular formula is C31H27NO5. The normalized spacial score (nSPS) is 16.8. The summed E-state index contributed by atoms with van der Waals surface area (Å²) in [7, 11) is 1.54. The van der Waals surface area contributed by atoms with E-state index in [0.717, 1.165) is 17.2 Å². The summed E-state index contributed by atoms with van der Waals surface area (Å²) in [5.41, 5.74) is 1.66. The van der Waals surface area contributed by atoms with E-state index in [1.165, 1.54) is 4.90 Å². The molecule has 4 aromatic rings. The Bertz CT molecular complexity index is 1520. The molecule has 1 atom stereocenters. The maximum atomic E-state index is 13.6. The average Bonchev–Trinajstić information content (AvgIpc) is 3.21. The molecule has 1 saturated heterocycles. The van der Waals surface area contributed by atoms with Gasteiger partial charge in [-0.15, -0.1) is 0 Å². The van der Waals surface area contributed by atoms with Gasteiger partial charge in [-0.05, 0) is 47.0 Å². The first-order valence-corrected chi connectivity index (χ1v) is 12.2. The number of carbonyl (C=O) groups is 2. The van der Waals surface area contributed by atoms with Crippen LogP contribution in [0.25, 0.3) is 16.5 Å². The number of aliphatic hydroxyl groups excluding tert-OH is 1. The fraction of sp³-hybridized carbons (Fsp3) is 0.161. The lowest BCUT2D eigenvalue weighted by Crippen LogP contribution is -2.29. The minimum absolute atomic E-state index is 0.0248. The number of hydrogen-bond donors (Lipinski definition) is 1. The van der Waals surface area contributed by atoms with E-state index in [4.69, 9.17) is 9.47 Å². The molecule has 0 spiro atoms. The fourth-order valence-electron chi connectivity index (χ4n) is 4.75. The van der Waals surface area contributed by atoms with Gasteiger partial charge in [-0.3, -0.25) is 14.5 Å². The Morgan fingerprint density at radius 2 is 1.62 bits per heavy atom. The summed E-state index contributed by atoms with van der Waals surface area (Å²) >= 11 is 0. The Kier molecular flexibility index (Phi) is 6.64. The lowest BCUT2D eigenvalue weighted by Gasteiger charge is -2.26. The Balaban J connectivity index is 1.74. The van der Waals surface area contributed by atoms with Crippen molar-refractivity contribution < 1.29 is 24.2 Å². The Morgan fingerprint density at radius 3 is 2.43 bits per heavy atom. The van der Waals surface area contributed by atoms with Crippen LogP contribution in [0.1, 0.15) is 30.5 Å². The second-order valence-electron chi connectivity index (χ2n) is 8.82. The zero-order chi connectivity index (χ0) is 25.9. The number of Topliss-reactive ketones (excluding diaryl/α,β-unsaturated/α-hetero) is 1. The van der Waals surface area contributed by atoms with Crippen LogP contribution in [0, 0.1) is 0 Å². The van der Waals surface area contributed by atoms with Gasteiger partial charge >= 0.3 is 0 Å². The van der Waals surface area contributed by atoms with Crippen molar-refractivity contribution in [2.75, 3.05) is 18.6 Å². The van der Waals surface area contributed by atoms with Gasteiger partial charge in [-0.2, -0.15) is 0 Å². The minimum atomic E-state index is -0.865. The highest BCUT2D eigenvalue weighted by molar-refractivity contribution is 6.51. The van der Waals surface area contributed by atoms with Gasteiger partial charge in [0.1, 0.15) is 17.3 Å². The summed E-state index contributed by atoms with van der Waals surface area (Å²) in [6.45, 7) is 2.56. The summed E-state index contributed by atoms with van der Waals surface area (Å²) in [6, 6.07) is 26.5. The number of aliphatic hydroxyl groups is 1. The largest absolute Gasteiger partial charge is 0.507 e. The van der Waals surface area contributed by atoms with Crippen molar-refractivity contribution in [2.45, 2.75) is 19.4 Å². The van der Waals surface area contributed by atoms with Crippen LogP contribution < -0.4 is 14.4 Å². The van der Waals surface area contributed by atoms with E-state index >= 15 is 0 Å². The van der Waals surface area contributed by atoms with Gasteiger partial charge in [0.2, 0.25) is 0 Å². The summed E-state index contributed by atoms with van der Waals surface area (Å²) in [4.78, 5) is 28.5. The number of methoxy groups -OCH3 is 1. The standard InChI is InChI=1S/C31H27NO5/c1-3-17-37-24-14-6-11-21(18-24)28-27(29(33)26-16-7-10-20-9-4-5-15-25(20)26)30(34)31(35)32(28)22-12-8-13-23(19-22)36-2/h4-16,18-19,28,33H,3,17H2,1-2H3/b29-27-. The van der Waals surface area contributed by atoms with Crippen LogP contribution in [0.15, 0.2) is 96.6 Å². The zero-order valence-electron chi connectivity index (χ0n) is 20.7. The molecule has 1 heterocycles. The number of benzene rings is 4. The molecule has 1 fully saturated rings. The second-order valence-corrected chi connectivity index (χ2v) is 8.82. The van der Waals surface area contributed by atoms with E-state index in [1.807, 2.05) is 67.6 Å². The van der Waals surface area contributed by atoms with Crippen LogP contribution in [-0.4, -0.2) is 30.5 Å². The molecule has 0 aliphatic carbocycles. The van der Waals surface area contributed by atoms with Gasteiger partial charge in [0, 0.05) is 17.3 Å². The van der Waals surface area contributed by atoms with Crippen LogP contribution in [0.3, 0.4) is 0 Å². The third-order valence-corrected chi connectivity index (χ3v) is 6.47. The average molecular weight is 494 g/mol. The van der Waals surface area contributed by atoms with Crippen LogP contribution in [0.4, 0.5) is 5.69 Å². The van der Waals surface area contributed by atoms with Crippen LogP contribution in [-0.2, 0) is 9.59 Å². The van der Waals surface area contributed by atoms with E-state index in [0.29, 0.717) is 34.9 Å². The summed E-state index contributed by atoms with van der Waals surface area (Å²) in [5, 5.41) is 13.3. The number of amides is 1. The summed E-state index contributed by atoms with van der Waals surface area (Å²) in [5.74, 6) is -0.517. The maximum Gasteiger partial charge on any atom is 0.300 e. The van der Waals surface area contributed by atoms with Gasteiger partial charge in [0.25, 0.3) is 11.7 Å². The number of carbonyl (C=O) groups excluding carboxylic acids is 2. The molecule has 1 unspecified atom stereocenters. The quantitative estimate of drug-likeness (QED) is 0.187. The van der Waals surface area contributed by atoms with Gasteiger partial charge in [-0.25, -0.2) is 0 Å². The molecule has 4 aromatic carbocycles. The van der Waals surface area contributed by atoms with E-state index in [9.17, 15) is 14.7 Å². The third-order valence-electron chi connectivity index (χ3n) is 6.47. The highest BCUT2D eigenvalue weighted by Gasteiger charge is 2.47. The molecule has 0 aromatic heterocycles. The van der Waals surface area contributed by atoms with Crippen LogP contribution in [0.2, 0.25) is 0 Å². The number of anilines is 1. The molecule has 1 amide bonds. The first kappa shape index (κ1) is 24.1. The molecule has 1 aliphatic rings. The summed E-state index contributed by atoms with van der Waals surface area (Å²) < 4.78 is 11.2. The van der Waals surface area contributed by atoms with Gasteiger partial charge in [0.05, 0.1) is 25.3 Å². The molecule has 0 saturated carbocycles. The van der Waals surface area contributed by atoms with Crippen LogP contribution in [0.5, 0.6) is 11.5 Å². The molecule has 0 radical (unpaired) electrons. The molecule has 6 heteroatoms. The lowest BCUT2D eigenvalue weighted by atomic mass is 9.93. The van der Waals surface area contributed by atoms with Gasteiger partial charge in [-0.1, -0.05) is 67.6 Å². The monoisotopic (exact) mass is 493 g/mol. The molecule has 1 aliphatic heterocycles. The highest BCUT2D eigenvalue weighted by atomic mass is 16.5. The SMILES string of the molecule is CCCOc1cccc(C2/C(=C(/O)c3cccc4ccccc34)C(=O)C(=O)N2c2cccc(OC)c2)c1. The van der Waals surface area contributed by atoms with Gasteiger partial charge < -0.3 is 14.6 Å². The number of fused-ring (bicyclic) bond motifs is 1.